The number of amides is 1. The maximum absolute atomic E-state index is 13.0. The molecule has 0 aliphatic carbocycles. The summed E-state index contributed by atoms with van der Waals surface area (Å²) in [6, 6.07) is 14.2. The van der Waals surface area contributed by atoms with E-state index in [2.05, 4.69) is 27.3 Å². The predicted octanol–water partition coefficient (Wildman–Crippen LogP) is 3.29. The number of halogens is 2. The highest BCUT2D eigenvalue weighted by molar-refractivity contribution is 5.85. The van der Waals surface area contributed by atoms with Gasteiger partial charge >= 0.3 is 0 Å². The number of aromatic nitrogens is 1. The molecule has 0 unspecified atom stereocenters. The van der Waals surface area contributed by atoms with Crippen molar-refractivity contribution in [1.29, 1.82) is 0 Å². The summed E-state index contributed by atoms with van der Waals surface area (Å²) in [5.41, 5.74) is 2.18. The fraction of sp³-hybridized carbons (Fsp3) is 0.429. The number of methoxy groups -OCH3 is 1. The first-order valence-electron chi connectivity index (χ1n) is 9.30. The van der Waals surface area contributed by atoms with Crippen LogP contribution < -0.4 is 10.1 Å². The van der Waals surface area contributed by atoms with Crippen LogP contribution in [0.15, 0.2) is 48.7 Å². The van der Waals surface area contributed by atoms with Crippen molar-refractivity contribution in [2.24, 2.45) is 11.8 Å². The number of hydrogen-bond donors (Lipinski definition) is 1. The predicted molar refractivity (Wildman–Crippen MR) is 114 cm³/mol. The third kappa shape index (κ3) is 4.59. The number of nitrogens with zero attached hydrogens (tertiary/aromatic N) is 2. The number of carbonyl (C=O) groups is 1. The minimum absolute atomic E-state index is 0. The summed E-state index contributed by atoms with van der Waals surface area (Å²) in [6.07, 6.45) is 2.99. The molecule has 0 bridgehead atoms. The van der Waals surface area contributed by atoms with Gasteiger partial charge in [-0.25, -0.2) is 0 Å². The third-order valence-corrected chi connectivity index (χ3v) is 5.66. The number of benzene rings is 1. The molecule has 0 radical (unpaired) electrons. The smallest absolute Gasteiger partial charge is 0.223 e. The van der Waals surface area contributed by atoms with Crippen molar-refractivity contribution in [1.82, 2.24) is 15.2 Å². The summed E-state index contributed by atoms with van der Waals surface area (Å²) >= 11 is 0. The summed E-state index contributed by atoms with van der Waals surface area (Å²) in [5, 5.41) is 3.49. The van der Waals surface area contributed by atoms with Crippen molar-refractivity contribution in [3.05, 3.63) is 59.9 Å². The van der Waals surface area contributed by atoms with Gasteiger partial charge in [0.2, 0.25) is 5.91 Å². The van der Waals surface area contributed by atoms with E-state index in [1.165, 1.54) is 5.56 Å². The highest BCUT2D eigenvalue weighted by Crippen LogP contribution is 2.43. The Balaban J connectivity index is 0.00000140. The Bertz CT molecular complexity index is 758. The highest BCUT2D eigenvalue weighted by atomic mass is 35.5. The summed E-state index contributed by atoms with van der Waals surface area (Å²) in [4.78, 5) is 19.4. The first kappa shape index (κ1) is 22.5. The molecule has 3 heterocycles. The Hall–Kier alpha value is -1.82. The van der Waals surface area contributed by atoms with Gasteiger partial charge in [0.05, 0.1) is 13.2 Å². The molecule has 2 aromatic rings. The Morgan fingerprint density at radius 2 is 1.96 bits per heavy atom. The van der Waals surface area contributed by atoms with E-state index >= 15 is 0 Å². The van der Waals surface area contributed by atoms with Crippen LogP contribution >= 0.6 is 24.8 Å². The topological polar surface area (TPSA) is 54.5 Å². The zero-order valence-corrected chi connectivity index (χ0v) is 17.5. The molecule has 0 saturated carbocycles. The Morgan fingerprint density at radius 3 is 2.64 bits per heavy atom. The highest BCUT2D eigenvalue weighted by Gasteiger charge is 2.46. The second-order valence-electron chi connectivity index (χ2n) is 7.17. The van der Waals surface area contributed by atoms with Gasteiger partial charge in [0, 0.05) is 43.9 Å². The number of fused-ring (bicyclic) bond motifs is 1. The lowest BCUT2D eigenvalue weighted by Gasteiger charge is -2.28. The van der Waals surface area contributed by atoms with E-state index in [-0.39, 0.29) is 36.8 Å². The molecule has 1 N–H and O–H groups in total. The van der Waals surface area contributed by atoms with E-state index < -0.39 is 0 Å². The molecule has 2 fully saturated rings. The number of rotatable bonds is 5. The van der Waals surface area contributed by atoms with Gasteiger partial charge in [-0.3, -0.25) is 9.78 Å². The zero-order valence-electron chi connectivity index (χ0n) is 15.9. The van der Waals surface area contributed by atoms with Crippen LogP contribution in [0.4, 0.5) is 0 Å². The first-order valence-corrected chi connectivity index (χ1v) is 9.30. The lowest BCUT2D eigenvalue weighted by molar-refractivity contribution is -0.132. The van der Waals surface area contributed by atoms with Crippen LogP contribution in [0.2, 0.25) is 0 Å². The maximum atomic E-state index is 13.0. The normalized spacial score (nSPS) is 22.8. The van der Waals surface area contributed by atoms with Gasteiger partial charge in [0.15, 0.2) is 0 Å². The van der Waals surface area contributed by atoms with Gasteiger partial charge in [-0.1, -0.05) is 18.2 Å². The molecule has 5 nitrogen and oxygen atoms in total. The minimum atomic E-state index is 0. The second-order valence-corrected chi connectivity index (χ2v) is 7.17. The van der Waals surface area contributed by atoms with E-state index in [0.29, 0.717) is 24.7 Å². The quantitative estimate of drug-likeness (QED) is 0.801. The zero-order chi connectivity index (χ0) is 17.9. The number of carbonyl (C=O) groups excluding carboxylic acids is 1. The van der Waals surface area contributed by atoms with Crippen molar-refractivity contribution in [3.8, 4) is 5.75 Å². The van der Waals surface area contributed by atoms with E-state index in [0.717, 1.165) is 31.1 Å². The lowest BCUT2D eigenvalue weighted by atomic mass is 9.89. The van der Waals surface area contributed by atoms with Gasteiger partial charge < -0.3 is 15.0 Å². The summed E-state index contributed by atoms with van der Waals surface area (Å²) < 4.78 is 5.28. The van der Waals surface area contributed by atoms with Crippen LogP contribution in [0.1, 0.15) is 23.7 Å². The minimum Gasteiger partial charge on any atom is -0.497 e. The fourth-order valence-electron chi connectivity index (χ4n) is 4.33. The molecular weight excluding hydrogens is 397 g/mol. The molecule has 2 aliphatic rings. The summed E-state index contributed by atoms with van der Waals surface area (Å²) in [6.45, 7) is 2.82. The molecular formula is C21H27Cl2N3O2. The van der Waals surface area contributed by atoms with Crippen LogP contribution in [-0.2, 0) is 11.2 Å². The number of likely N-dealkylation sites (tertiary alicyclic amines) is 1. The molecule has 2 saturated heterocycles. The molecule has 0 spiro atoms. The average molecular weight is 424 g/mol. The van der Waals surface area contributed by atoms with Crippen molar-refractivity contribution < 1.29 is 9.53 Å². The molecule has 152 valence electrons. The van der Waals surface area contributed by atoms with Gasteiger partial charge in [0.25, 0.3) is 0 Å². The largest absolute Gasteiger partial charge is 0.497 e. The van der Waals surface area contributed by atoms with Gasteiger partial charge in [-0.05, 0) is 42.2 Å². The van der Waals surface area contributed by atoms with Crippen molar-refractivity contribution in [3.63, 3.8) is 0 Å². The van der Waals surface area contributed by atoms with Crippen LogP contribution in [0, 0.1) is 11.8 Å². The van der Waals surface area contributed by atoms with Crippen LogP contribution in [-0.4, -0.2) is 42.5 Å². The number of nitrogens with one attached hydrogen (secondary N) is 1. The van der Waals surface area contributed by atoms with Gasteiger partial charge in [0.1, 0.15) is 5.75 Å². The van der Waals surface area contributed by atoms with Crippen LogP contribution in [0.5, 0.6) is 5.75 Å². The van der Waals surface area contributed by atoms with E-state index in [9.17, 15) is 4.79 Å². The summed E-state index contributed by atoms with van der Waals surface area (Å²) in [5.74, 6) is 2.11. The molecule has 1 aromatic carbocycles. The molecule has 3 atom stereocenters. The number of hydrogen-bond acceptors (Lipinski definition) is 4. The maximum Gasteiger partial charge on any atom is 0.223 e. The third-order valence-electron chi connectivity index (χ3n) is 5.66. The Kier molecular flexibility index (Phi) is 8.10. The van der Waals surface area contributed by atoms with Crippen LogP contribution in [0.25, 0.3) is 0 Å². The monoisotopic (exact) mass is 423 g/mol. The Morgan fingerprint density at radius 1 is 1.18 bits per heavy atom. The lowest BCUT2D eigenvalue weighted by Crippen LogP contribution is -2.34. The number of pyridine rings is 1. The van der Waals surface area contributed by atoms with Crippen molar-refractivity contribution in [2.75, 3.05) is 26.7 Å². The molecule has 28 heavy (non-hydrogen) atoms. The number of aryl methyl sites for hydroxylation is 1. The molecule has 1 amide bonds. The SMILES string of the molecule is COc1ccc([C@H]2[C@H]3CNC[C@H]3CN2C(=O)CCc2ccccn2)cc1.Cl.Cl. The molecule has 4 rings (SSSR count). The standard InChI is InChI=1S/C21H25N3O2.2ClH/c1-26-18-8-5-15(6-9-18)21-19-13-22-12-16(19)14-24(21)20(25)10-7-17-4-2-3-11-23-17;;/h2-6,8-9,11,16,19,21-22H,7,10,12-14H2,1H3;2*1H/t16-,19-,21-;;/m0../s1. The second kappa shape index (κ2) is 10.1. The van der Waals surface area contributed by atoms with Gasteiger partial charge in [-0.2, -0.15) is 0 Å². The van der Waals surface area contributed by atoms with E-state index in [1.54, 1.807) is 13.3 Å². The average Bonchev–Trinajstić information content (AvgIpc) is 3.28. The van der Waals surface area contributed by atoms with E-state index in [1.807, 2.05) is 30.3 Å². The molecule has 1 aromatic heterocycles. The Labute approximate surface area is 178 Å². The van der Waals surface area contributed by atoms with E-state index in [4.69, 9.17) is 4.74 Å². The molecule has 2 aliphatic heterocycles. The molecule has 7 heteroatoms. The summed E-state index contributed by atoms with van der Waals surface area (Å²) in [7, 11) is 1.68. The van der Waals surface area contributed by atoms with Gasteiger partial charge in [-0.15, -0.1) is 24.8 Å². The number of ether oxygens (including phenoxy) is 1. The van der Waals surface area contributed by atoms with Crippen molar-refractivity contribution in [2.45, 2.75) is 18.9 Å². The van der Waals surface area contributed by atoms with Crippen molar-refractivity contribution >= 4 is 30.7 Å². The first-order chi connectivity index (χ1) is 12.8. The van der Waals surface area contributed by atoms with Crippen LogP contribution in [0.3, 0.4) is 0 Å². The fourth-order valence-corrected chi connectivity index (χ4v) is 4.33.